The van der Waals surface area contributed by atoms with Gasteiger partial charge in [0.1, 0.15) is 18.4 Å². The molecule has 1 saturated heterocycles. The zero-order valence-corrected chi connectivity index (χ0v) is 25.9. The number of ether oxygens (including phenoxy) is 1. The smallest absolute Gasteiger partial charge is 0.318 e. The highest BCUT2D eigenvalue weighted by molar-refractivity contribution is 6.01. The lowest BCUT2D eigenvalue weighted by molar-refractivity contribution is -0.121. The number of piperidine rings is 1. The molecule has 43 heavy (non-hydrogen) atoms. The molecule has 2 fully saturated rings. The van der Waals surface area contributed by atoms with E-state index in [-0.39, 0.29) is 17.9 Å². The Labute approximate surface area is 256 Å². The number of carbonyl (C=O) groups is 2. The Balaban J connectivity index is 1.23. The molecule has 3 aliphatic heterocycles. The van der Waals surface area contributed by atoms with Gasteiger partial charge in [0.15, 0.2) is 0 Å². The molecule has 4 atom stereocenters. The molecular weight excluding hydrogens is 538 g/mol. The first-order valence-electron chi connectivity index (χ1n) is 16.2. The molecule has 8 nitrogen and oxygen atoms in total. The summed E-state index contributed by atoms with van der Waals surface area (Å²) in [5, 5.41) is 6.87. The average molecular weight is 586 g/mol. The van der Waals surface area contributed by atoms with Crippen molar-refractivity contribution in [3.63, 3.8) is 0 Å². The molecule has 6 rings (SSSR count). The normalized spacial score (nSPS) is 23.4. The van der Waals surface area contributed by atoms with Crippen LogP contribution in [0.5, 0.6) is 5.75 Å². The summed E-state index contributed by atoms with van der Waals surface area (Å²) in [5.41, 5.74) is 4.52. The topological polar surface area (TPSA) is 77.1 Å². The van der Waals surface area contributed by atoms with Gasteiger partial charge in [-0.25, -0.2) is 4.79 Å². The average Bonchev–Trinajstić information content (AvgIpc) is 3.47. The van der Waals surface area contributed by atoms with E-state index < -0.39 is 6.04 Å². The van der Waals surface area contributed by atoms with Crippen molar-refractivity contribution < 1.29 is 14.3 Å². The molecule has 230 valence electrons. The van der Waals surface area contributed by atoms with E-state index in [0.717, 1.165) is 49.2 Å². The molecule has 2 aromatic carbocycles. The summed E-state index contributed by atoms with van der Waals surface area (Å²) in [6.45, 7) is 5.16. The first kappa shape index (κ1) is 29.5. The highest BCUT2D eigenvalue weighted by Crippen LogP contribution is 2.40. The number of rotatable bonds is 7. The number of carbonyl (C=O) groups excluding carboxylic acids is 2. The molecule has 1 saturated carbocycles. The van der Waals surface area contributed by atoms with Gasteiger partial charge in [0.2, 0.25) is 5.91 Å². The number of nitrogens with zero attached hydrogens (tertiary/aromatic N) is 3. The molecule has 3 amide bonds. The first-order valence-corrected chi connectivity index (χ1v) is 16.2. The Hall–Kier alpha value is -3.52. The van der Waals surface area contributed by atoms with Crippen LogP contribution >= 0.6 is 0 Å². The third-order valence-electron chi connectivity index (χ3n) is 9.93. The summed E-state index contributed by atoms with van der Waals surface area (Å²) < 4.78 is 5.97. The largest absolute Gasteiger partial charge is 0.490 e. The van der Waals surface area contributed by atoms with E-state index in [0.29, 0.717) is 44.1 Å². The molecular formula is C35H47N5O3. The molecule has 2 N–H and O–H groups in total. The fraction of sp³-hybridized carbons (Fsp3) is 0.543. The van der Waals surface area contributed by atoms with Crippen molar-refractivity contribution in [3.8, 4) is 5.75 Å². The van der Waals surface area contributed by atoms with E-state index in [1.54, 1.807) is 0 Å². The molecule has 3 heterocycles. The lowest BCUT2D eigenvalue weighted by Crippen LogP contribution is -2.57. The van der Waals surface area contributed by atoms with Crippen molar-refractivity contribution in [2.75, 3.05) is 45.2 Å². The van der Waals surface area contributed by atoms with E-state index >= 15 is 0 Å². The quantitative estimate of drug-likeness (QED) is 0.472. The van der Waals surface area contributed by atoms with Crippen molar-refractivity contribution in [3.05, 3.63) is 71.4 Å². The summed E-state index contributed by atoms with van der Waals surface area (Å²) >= 11 is 0. The maximum absolute atomic E-state index is 14.6. The fourth-order valence-corrected chi connectivity index (χ4v) is 7.59. The van der Waals surface area contributed by atoms with Crippen LogP contribution in [0.2, 0.25) is 0 Å². The van der Waals surface area contributed by atoms with Gasteiger partial charge in [0.25, 0.3) is 0 Å². The lowest BCUT2D eigenvalue weighted by Gasteiger charge is -2.38. The second-order valence-electron chi connectivity index (χ2n) is 13.1. The van der Waals surface area contributed by atoms with Gasteiger partial charge in [-0.15, -0.1) is 0 Å². The number of anilines is 1. The number of benzene rings is 2. The monoisotopic (exact) mass is 585 g/mol. The Morgan fingerprint density at radius 1 is 1.02 bits per heavy atom. The van der Waals surface area contributed by atoms with Crippen LogP contribution in [0.15, 0.2) is 60.3 Å². The maximum Gasteiger partial charge on any atom is 0.318 e. The Morgan fingerprint density at radius 2 is 1.79 bits per heavy atom. The number of hydrogen-bond donors (Lipinski definition) is 2. The van der Waals surface area contributed by atoms with Crippen LogP contribution in [0.3, 0.4) is 0 Å². The van der Waals surface area contributed by atoms with Crippen LogP contribution in [0.25, 0.3) is 0 Å². The summed E-state index contributed by atoms with van der Waals surface area (Å²) in [5.74, 6) is 1.40. The lowest BCUT2D eigenvalue weighted by atomic mass is 9.76. The minimum Gasteiger partial charge on any atom is -0.490 e. The zero-order valence-electron chi connectivity index (χ0n) is 25.9. The van der Waals surface area contributed by atoms with E-state index in [2.05, 4.69) is 65.1 Å². The van der Waals surface area contributed by atoms with Crippen LogP contribution in [-0.2, 0) is 11.3 Å². The van der Waals surface area contributed by atoms with Gasteiger partial charge in [-0.05, 0) is 80.7 Å². The molecule has 8 heteroatoms. The van der Waals surface area contributed by atoms with Gasteiger partial charge in [0, 0.05) is 37.5 Å². The highest BCUT2D eigenvalue weighted by atomic mass is 16.5. The van der Waals surface area contributed by atoms with Crippen LogP contribution in [0.1, 0.15) is 62.5 Å². The van der Waals surface area contributed by atoms with Crippen LogP contribution in [-0.4, -0.2) is 74.2 Å². The molecule has 2 aromatic rings. The molecule has 1 aliphatic carbocycles. The maximum atomic E-state index is 14.6. The molecule has 0 aromatic heterocycles. The SMILES string of the molecule is C[C@@H](C1=CNC2CCCCC12)[C@@H](NC(=O)N1CCC(c2ccccc2)CC1)C(=O)N1CCOc2ccc(CN(C)C)cc21. The van der Waals surface area contributed by atoms with Gasteiger partial charge >= 0.3 is 6.03 Å². The third kappa shape index (κ3) is 6.40. The van der Waals surface area contributed by atoms with E-state index in [4.69, 9.17) is 4.74 Å². The number of amides is 3. The van der Waals surface area contributed by atoms with Crippen LogP contribution in [0, 0.1) is 11.8 Å². The minimum atomic E-state index is -0.670. The molecule has 0 bridgehead atoms. The summed E-state index contributed by atoms with van der Waals surface area (Å²) in [4.78, 5) is 34.3. The van der Waals surface area contributed by atoms with E-state index in [1.165, 1.54) is 24.0 Å². The van der Waals surface area contributed by atoms with Crippen LogP contribution < -0.4 is 20.3 Å². The van der Waals surface area contributed by atoms with Crippen molar-refractivity contribution in [1.82, 2.24) is 20.4 Å². The van der Waals surface area contributed by atoms with Gasteiger partial charge < -0.3 is 30.1 Å². The second-order valence-corrected chi connectivity index (χ2v) is 13.1. The second kappa shape index (κ2) is 13.0. The number of hydrogen-bond acceptors (Lipinski definition) is 5. The van der Waals surface area contributed by atoms with Gasteiger partial charge in [0.05, 0.1) is 12.2 Å². The first-order chi connectivity index (χ1) is 20.9. The van der Waals surface area contributed by atoms with E-state index in [1.807, 2.05) is 36.0 Å². The fourth-order valence-electron chi connectivity index (χ4n) is 7.59. The van der Waals surface area contributed by atoms with Crippen molar-refractivity contribution in [1.29, 1.82) is 0 Å². The third-order valence-corrected chi connectivity index (χ3v) is 9.93. The van der Waals surface area contributed by atoms with Gasteiger partial charge in [-0.3, -0.25) is 4.79 Å². The Kier molecular flexibility index (Phi) is 8.93. The minimum absolute atomic E-state index is 0.0632. The predicted molar refractivity (Wildman–Crippen MR) is 170 cm³/mol. The van der Waals surface area contributed by atoms with Gasteiger partial charge in [-0.2, -0.15) is 0 Å². The predicted octanol–water partition coefficient (Wildman–Crippen LogP) is 5.11. The Morgan fingerprint density at radius 3 is 2.56 bits per heavy atom. The number of urea groups is 1. The zero-order chi connectivity index (χ0) is 29.9. The molecule has 0 spiro atoms. The molecule has 0 radical (unpaired) electrons. The number of nitrogens with one attached hydrogen (secondary N) is 2. The highest BCUT2D eigenvalue weighted by Gasteiger charge is 2.42. The van der Waals surface area contributed by atoms with Crippen molar-refractivity contribution >= 4 is 17.6 Å². The standard InChI is InChI=1S/C35H47N5O3/c1-24(29-22-36-30-12-8-7-11-28(29)30)33(37-35(42)39-17-15-27(16-18-39)26-9-5-4-6-10-26)34(41)40-19-20-43-32-14-13-25(21-31(32)40)23-38(2)3/h4-6,9-10,13-14,21-22,24,27-28,30,33,36H,7-8,11-12,15-20,23H2,1-3H3,(H,37,42)/t24-,28?,30?,33+/m0/s1. The summed E-state index contributed by atoms with van der Waals surface area (Å²) in [6.07, 6.45) is 8.73. The van der Waals surface area contributed by atoms with Crippen LogP contribution in [0.4, 0.5) is 10.5 Å². The van der Waals surface area contributed by atoms with Crippen molar-refractivity contribution in [2.45, 2.75) is 70.0 Å². The Bertz CT molecular complexity index is 1320. The summed E-state index contributed by atoms with van der Waals surface area (Å²) in [6, 6.07) is 16.3. The molecule has 2 unspecified atom stereocenters. The van der Waals surface area contributed by atoms with E-state index in [9.17, 15) is 9.59 Å². The number of likely N-dealkylation sites (tertiary alicyclic amines) is 1. The molecule has 4 aliphatic rings. The number of fused-ring (bicyclic) bond motifs is 2. The van der Waals surface area contributed by atoms with Crippen molar-refractivity contribution in [2.24, 2.45) is 11.8 Å². The van der Waals surface area contributed by atoms with Gasteiger partial charge in [-0.1, -0.05) is 56.2 Å². The summed E-state index contributed by atoms with van der Waals surface area (Å²) in [7, 11) is 4.08.